The van der Waals surface area contributed by atoms with Crippen LogP contribution in [-0.2, 0) is 16.8 Å². The van der Waals surface area contributed by atoms with Crippen LogP contribution in [-0.4, -0.2) is 62.1 Å². The van der Waals surface area contributed by atoms with Crippen molar-refractivity contribution >= 4 is 10.2 Å². The highest BCUT2D eigenvalue weighted by Gasteiger charge is 2.31. The number of hydrogen-bond acceptors (Lipinski definition) is 4. The van der Waals surface area contributed by atoms with Gasteiger partial charge in [-0.1, -0.05) is 12.1 Å². The molecule has 6 nitrogen and oxygen atoms in total. The average Bonchev–Trinajstić information content (AvgIpc) is 2.47. The summed E-state index contributed by atoms with van der Waals surface area (Å²) in [7, 11) is -0.562. The molecule has 2 rings (SSSR count). The summed E-state index contributed by atoms with van der Waals surface area (Å²) in [5, 5.41) is 10.3. The molecule has 0 unspecified atom stereocenters. The summed E-state index contributed by atoms with van der Waals surface area (Å²) < 4.78 is 27.5. The van der Waals surface area contributed by atoms with Gasteiger partial charge < -0.3 is 5.11 Å². The van der Waals surface area contributed by atoms with E-state index in [1.54, 1.807) is 0 Å². The molecule has 136 valence electrons. The third-order valence-corrected chi connectivity index (χ3v) is 6.36. The molecule has 0 aromatic heterocycles. The standard InChI is InChI=1S/C17H29N3O3S/c1-12-8-14(3)15(9-13(12)2)10-20-7-6-16(17(21)11-20)18-24(22,23)19(4)5/h8-9,16-18,21H,6-7,10-11H2,1-5H3/t16-,17-/m1/s1. The van der Waals surface area contributed by atoms with Crippen LogP contribution in [0.25, 0.3) is 0 Å². The van der Waals surface area contributed by atoms with Crippen molar-refractivity contribution in [1.82, 2.24) is 13.9 Å². The van der Waals surface area contributed by atoms with Gasteiger partial charge in [-0.3, -0.25) is 4.90 Å². The SMILES string of the molecule is Cc1cc(C)c(CN2CC[C@@H](NS(=O)(=O)N(C)C)[C@H](O)C2)cc1C. The van der Waals surface area contributed by atoms with Crippen LogP contribution in [0.5, 0.6) is 0 Å². The summed E-state index contributed by atoms with van der Waals surface area (Å²) >= 11 is 0. The monoisotopic (exact) mass is 355 g/mol. The number of rotatable bonds is 5. The lowest BCUT2D eigenvalue weighted by Gasteiger charge is -2.36. The summed E-state index contributed by atoms with van der Waals surface area (Å²) in [6, 6.07) is 3.96. The van der Waals surface area contributed by atoms with Crippen molar-refractivity contribution < 1.29 is 13.5 Å². The van der Waals surface area contributed by atoms with Crippen LogP contribution in [0.2, 0.25) is 0 Å². The van der Waals surface area contributed by atoms with E-state index in [0.29, 0.717) is 13.0 Å². The number of hydrogen-bond donors (Lipinski definition) is 2. The Bertz CT molecular complexity index is 689. The zero-order valence-corrected chi connectivity index (χ0v) is 16.0. The molecule has 0 amide bonds. The Hall–Kier alpha value is -0.990. The van der Waals surface area contributed by atoms with Crippen molar-refractivity contribution in [2.45, 2.75) is 45.9 Å². The molecule has 1 heterocycles. The van der Waals surface area contributed by atoms with Crippen molar-refractivity contribution in [3.8, 4) is 0 Å². The first-order valence-electron chi connectivity index (χ1n) is 8.27. The van der Waals surface area contributed by atoms with Crippen LogP contribution < -0.4 is 4.72 Å². The fourth-order valence-corrected chi connectivity index (χ4v) is 3.87. The summed E-state index contributed by atoms with van der Waals surface area (Å²) in [5.41, 5.74) is 5.07. The smallest absolute Gasteiger partial charge is 0.279 e. The molecule has 0 radical (unpaired) electrons. The average molecular weight is 356 g/mol. The minimum Gasteiger partial charge on any atom is -0.390 e. The van der Waals surface area contributed by atoms with Crippen LogP contribution in [0.3, 0.4) is 0 Å². The molecular formula is C17H29N3O3S. The Morgan fingerprint density at radius 1 is 1.21 bits per heavy atom. The second-order valence-electron chi connectivity index (χ2n) is 6.97. The van der Waals surface area contributed by atoms with E-state index < -0.39 is 22.4 Å². The van der Waals surface area contributed by atoms with Crippen molar-refractivity contribution in [3.63, 3.8) is 0 Å². The number of aryl methyl sites for hydroxylation is 3. The van der Waals surface area contributed by atoms with Gasteiger partial charge in [0, 0.05) is 33.7 Å². The molecule has 0 spiro atoms. The molecule has 0 saturated carbocycles. The number of aliphatic hydroxyl groups is 1. The molecular weight excluding hydrogens is 326 g/mol. The third-order valence-electron chi connectivity index (χ3n) is 4.79. The predicted molar refractivity (Wildman–Crippen MR) is 96.1 cm³/mol. The van der Waals surface area contributed by atoms with Crippen LogP contribution in [0.1, 0.15) is 28.7 Å². The third kappa shape index (κ3) is 4.55. The molecule has 2 atom stereocenters. The van der Waals surface area contributed by atoms with Gasteiger partial charge in [-0.25, -0.2) is 0 Å². The van der Waals surface area contributed by atoms with Gasteiger partial charge in [-0.15, -0.1) is 0 Å². The maximum Gasteiger partial charge on any atom is 0.279 e. The summed E-state index contributed by atoms with van der Waals surface area (Å²) in [6.45, 7) is 8.32. The molecule has 24 heavy (non-hydrogen) atoms. The molecule has 1 aliphatic rings. The highest BCUT2D eigenvalue weighted by Crippen LogP contribution is 2.20. The number of β-amino-alcohol motifs (C(OH)–C–C–N with tert-alkyl or cyclic N) is 1. The fraction of sp³-hybridized carbons (Fsp3) is 0.647. The second-order valence-corrected chi connectivity index (χ2v) is 8.88. The van der Waals surface area contributed by atoms with E-state index in [2.05, 4.69) is 42.5 Å². The lowest BCUT2D eigenvalue weighted by Crippen LogP contribution is -2.55. The number of nitrogens with one attached hydrogen (secondary N) is 1. The predicted octanol–water partition coefficient (Wildman–Crippen LogP) is 0.943. The Kier molecular flexibility index (Phi) is 6.04. The Balaban J connectivity index is 2.00. The zero-order chi connectivity index (χ0) is 18.1. The highest BCUT2D eigenvalue weighted by atomic mass is 32.2. The molecule has 1 saturated heterocycles. The Morgan fingerprint density at radius 3 is 2.42 bits per heavy atom. The van der Waals surface area contributed by atoms with E-state index in [1.807, 2.05) is 0 Å². The van der Waals surface area contributed by atoms with Gasteiger partial charge in [0.2, 0.25) is 0 Å². The second kappa shape index (κ2) is 7.49. The Labute approximate surface area is 145 Å². The quantitative estimate of drug-likeness (QED) is 0.825. The number of benzene rings is 1. The van der Waals surface area contributed by atoms with Gasteiger partial charge in [0.1, 0.15) is 0 Å². The van der Waals surface area contributed by atoms with E-state index in [1.165, 1.54) is 36.3 Å². The lowest BCUT2D eigenvalue weighted by molar-refractivity contribution is 0.0441. The minimum absolute atomic E-state index is 0.436. The topological polar surface area (TPSA) is 72.9 Å². The van der Waals surface area contributed by atoms with Gasteiger partial charge >= 0.3 is 0 Å². The van der Waals surface area contributed by atoms with Crippen LogP contribution in [0.4, 0.5) is 0 Å². The molecule has 1 aromatic rings. The molecule has 1 aliphatic heterocycles. The van der Waals surface area contributed by atoms with Gasteiger partial charge in [-0.2, -0.15) is 17.4 Å². The van der Waals surface area contributed by atoms with E-state index in [0.717, 1.165) is 17.4 Å². The van der Waals surface area contributed by atoms with Gasteiger partial charge in [0.25, 0.3) is 10.2 Å². The van der Waals surface area contributed by atoms with E-state index in [4.69, 9.17) is 0 Å². The molecule has 2 N–H and O–H groups in total. The first-order valence-corrected chi connectivity index (χ1v) is 9.71. The summed E-state index contributed by atoms with van der Waals surface area (Å²) in [4.78, 5) is 2.18. The van der Waals surface area contributed by atoms with Crippen LogP contribution in [0.15, 0.2) is 12.1 Å². The first kappa shape index (κ1) is 19.3. The van der Waals surface area contributed by atoms with Gasteiger partial charge in [-0.05, 0) is 49.4 Å². The highest BCUT2D eigenvalue weighted by molar-refractivity contribution is 7.87. The minimum atomic E-state index is -3.52. The Morgan fingerprint density at radius 2 is 1.83 bits per heavy atom. The van der Waals surface area contributed by atoms with Crippen LogP contribution >= 0.6 is 0 Å². The van der Waals surface area contributed by atoms with Crippen molar-refractivity contribution in [2.75, 3.05) is 27.2 Å². The van der Waals surface area contributed by atoms with Crippen molar-refractivity contribution in [3.05, 3.63) is 34.4 Å². The summed E-state index contributed by atoms with van der Waals surface area (Å²) in [6.07, 6.45) is -0.113. The van der Waals surface area contributed by atoms with Gasteiger partial charge in [0.05, 0.1) is 12.1 Å². The molecule has 0 bridgehead atoms. The molecule has 7 heteroatoms. The largest absolute Gasteiger partial charge is 0.390 e. The molecule has 0 aliphatic carbocycles. The van der Waals surface area contributed by atoms with E-state index in [-0.39, 0.29) is 0 Å². The number of aliphatic hydroxyl groups excluding tert-OH is 1. The molecule has 1 aromatic carbocycles. The van der Waals surface area contributed by atoms with Crippen LogP contribution in [0, 0.1) is 20.8 Å². The van der Waals surface area contributed by atoms with E-state index >= 15 is 0 Å². The first-order chi connectivity index (χ1) is 11.1. The molecule has 1 fully saturated rings. The lowest BCUT2D eigenvalue weighted by atomic mass is 9.98. The normalized spacial score (nSPS) is 23.0. The number of nitrogens with zero attached hydrogens (tertiary/aromatic N) is 2. The van der Waals surface area contributed by atoms with Crippen molar-refractivity contribution in [2.24, 2.45) is 0 Å². The zero-order valence-electron chi connectivity index (χ0n) is 15.2. The number of likely N-dealkylation sites (tertiary alicyclic amines) is 1. The fourth-order valence-electron chi connectivity index (χ4n) is 3.01. The maximum atomic E-state index is 11.9. The number of piperidine rings is 1. The maximum absolute atomic E-state index is 11.9. The van der Waals surface area contributed by atoms with Crippen molar-refractivity contribution in [1.29, 1.82) is 0 Å². The van der Waals surface area contributed by atoms with Gasteiger partial charge in [0.15, 0.2) is 0 Å². The summed E-state index contributed by atoms with van der Waals surface area (Å²) in [5.74, 6) is 0. The van der Waals surface area contributed by atoms with E-state index in [9.17, 15) is 13.5 Å².